The zero-order chi connectivity index (χ0) is 21.9. The number of guanidine groups is 1. The minimum atomic E-state index is 0. The number of methoxy groups -OCH3 is 3. The quantitative estimate of drug-likeness (QED) is 0.249. The first-order chi connectivity index (χ1) is 14.6. The first kappa shape index (κ1) is 27.0. The maximum absolute atomic E-state index is 6.36. The minimum absolute atomic E-state index is 0. The van der Waals surface area contributed by atoms with Gasteiger partial charge in [-0.3, -0.25) is 0 Å². The molecule has 2 rings (SSSR count). The van der Waals surface area contributed by atoms with E-state index in [2.05, 4.69) is 15.6 Å². The number of aliphatic imine (C=N–C) groups is 1. The van der Waals surface area contributed by atoms with Crippen molar-refractivity contribution >= 4 is 41.5 Å². The highest BCUT2D eigenvalue weighted by Crippen LogP contribution is 2.36. The van der Waals surface area contributed by atoms with E-state index in [1.54, 1.807) is 21.3 Å². The molecule has 0 fully saturated rings. The van der Waals surface area contributed by atoms with Crippen molar-refractivity contribution in [3.05, 3.63) is 46.5 Å². The molecule has 0 aliphatic rings. The summed E-state index contributed by atoms with van der Waals surface area (Å²) in [4.78, 5) is 4.65. The molecule has 2 aromatic rings. The van der Waals surface area contributed by atoms with E-state index in [-0.39, 0.29) is 24.0 Å². The number of nitrogens with one attached hydrogen (secondary N) is 2. The maximum atomic E-state index is 6.36. The number of ether oxygens (including phenoxy) is 4. The number of benzene rings is 2. The summed E-state index contributed by atoms with van der Waals surface area (Å²) < 4.78 is 21.6. The van der Waals surface area contributed by atoms with Crippen LogP contribution in [0.4, 0.5) is 0 Å². The molecule has 2 aromatic carbocycles. The van der Waals surface area contributed by atoms with Crippen molar-refractivity contribution in [1.29, 1.82) is 0 Å². The minimum Gasteiger partial charge on any atom is -0.493 e. The van der Waals surface area contributed by atoms with Gasteiger partial charge in [-0.15, -0.1) is 24.0 Å². The van der Waals surface area contributed by atoms with Gasteiger partial charge in [0.2, 0.25) is 0 Å². The molecule has 0 saturated heterocycles. The van der Waals surface area contributed by atoms with Gasteiger partial charge in [0.05, 0.1) is 39.5 Å². The molecule has 0 aliphatic heterocycles. The average Bonchev–Trinajstić information content (AvgIpc) is 2.76. The van der Waals surface area contributed by atoms with E-state index in [0.29, 0.717) is 53.7 Å². The zero-order valence-electron chi connectivity index (χ0n) is 18.6. The first-order valence-corrected chi connectivity index (χ1v) is 10.2. The normalized spacial score (nSPS) is 10.7. The Bertz CT molecular complexity index is 865. The van der Waals surface area contributed by atoms with Crippen molar-refractivity contribution in [2.75, 3.05) is 34.5 Å². The van der Waals surface area contributed by atoms with Crippen molar-refractivity contribution in [1.82, 2.24) is 10.6 Å². The van der Waals surface area contributed by atoms with Crippen LogP contribution < -0.4 is 29.6 Å². The van der Waals surface area contributed by atoms with Crippen LogP contribution in [0.15, 0.2) is 35.3 Å². The lowest BCUT2D eigenvalue weighted by molar-refractivity contribution is 0.311. The van der Waals surface area contributed by atoms with E-state index in [4.69, 9.17) is 30.5 Å². The van der Waals surface area contributed by atoms with Gasteiger partial charge in [-0.1, -0.05) is 17.7 Å². The van der Waals surface area contributed by atoms with E-state index < -0.39 is 0 Å². The Hall–Kier alpha value is -2.07. The van der Waals surface area contributed by atoms with E-state index in [1.165, 1.54) is 0 Å². The molecule has 0 radical (unpaired) electrons. The van der Waals surface area contributed by atoms with Crippen molar-refractivity contribution in [3.8, 4) is 23.0 Å². The molecule has 0 spiro atoms. The van der Waals surface area contributed by atoms with Crippen LogP contribution in [0.2, 0.25) is 5.02 Å². The first-order valence-electron chi connectivity index (χ1n) is 9.78. The van der Waals surface area contributed by atoms with E-state index in [1.807, 2.05) is 44.2 Å². The second-order valence-corrected chi connectivity index (χ2v) is 6.69. The highest BCUT2D eigenvalue weighted by atomic mass is 127. The molecule has 0 unspecified atom stereocenters. The molecule has 0 atom stereocenters. The third-order valence-electron chi connectivity index (χ3n) is 4.25. The standard InChI is InChI=1S/C22H30ClN3O4.HI/c1-6-24-22(25-13-15-8-9-18(27-3)19(11-15)28-4)26-14-16-10-17(23)21(30-7-2)20(12-16)29-5;/h8-12H,6-7,13-14H2,1-5H3,(H2,24,25,26);1H. The topological polar surface area (TPSA) is 73.3 Å². The molecule has 7 nitrogen and oxygen atoms in total. The SMILES string of the molecule is CCNC(=NCc1cc(Cl)c(OCC)c(OC)c1)NCc1ccc(OC)c(OC)c1.I. The van der Waals surface area contributed by atoms with Gasteiger partial charge < -0.3 is 29.6 Å². The monoisotopic (exact) mass is 563 g/mol. The Labute approximate surface area is 206 Å². The summed E-state index contributed by atoms with van der Waals surface area (Å²) in [5, 5.41) is 7.07. The summed E-state index contributed by atoms with van der Waals surface area (Å²) in [6.07, 6.45) is 0. The van der Waals surface area contributed by atoms with E-state index >= 15 is 0 Å². The molecule has 2 N–H and O–H groups in total. The molecule has 0 bridgehead atoms. The van der Waals surface area contributed by atoms with Gasteiger partial charge in [0.25, 0.3) is 0 Å². The van der Waals surface area contributed by atoms with Crippen LogP contribution in [0, 0.1) is 0 Å². The van der Waals surface area contributed by atoms with Crippen LogP contribution in [-0.4, -0.2) is 40.4 Å². The second kappa shape index (κ2) is 14.1. The fourth-order valence-corrected chi connectivity index (χ4v) is 3.13. The lowest BCUT2D eigenvalue weighted by Gasteiger charge is -2.14. The number of nitrogens with zero attached hydrogens (tertiary/aromatic N) is 1. The zero-order valence-corrected chi connectivity index (χ0v) is 21.7. The Morgan fingerprint density at radius 2 is 1.58 bits per heavy atom. The Morgan fingerprint density at radius 3 is 2.19 bits per heavy atom. The van der Waals surface area contributed by atoms with E-state index in [9.17, 15) is 0 Å². The van der Waals surface area contributed by atoms with Gasteiger partial charge in [-0.2, -0.15) is 0 Å². The highest BCUT2D eigenvalue weighted by molar-refractivity contribution is 14.0. The van der Waals surface area contributed by atoms with Crippen molar-refractivity contribution in [3.63, 3.8) is 0 Å². The lowest BCUT2D eigenvalue weighted by Crippen LogP contribution is -2.36. The summed E-state index contributed by atoms with van der Waals surface area (Å²) in [5.74, 6) is 3.22. The third kappa shape index (κ3) is 7.84. The third-order valence-corrected chi connectivity index (χ3v) is 4.53. The number of hydrogen-bond donors (Lipinski definition) is 2. The summed E-state index contributed by atoms with van der Waals surface area (Å²) in [6.45, 7) is 6.19. The van der Waals surface area contributed by atoms with Crippen LogP contribution in [0.1, 0.15) is 25.0 Å². The lowest BCUT2D eigenvalue weighted by atomic mass is 10.2. The molecule has 31 heavy (non-hydrogen) atoms. The smallest absolute Gasteiger partial charge is 0.191 e. The number of halogens is 2. The van der Waals surface area contributed by atoms with Gasteiger partial charge in [0.15, 0.2) is 29.0 Å². The van der Waals surface area contributed by atoms with E-state index in [0.717, 1.165) is 17.7 Å². The van der Waals surface area contributed by atoms with Gasteiger partial charge in [0.1, 0.15) is 0 Å². The molecular formula is C22H31ClIN3O4. The molecule has 172 valence electrons. The molecule has 0 heterocycles. The molecular weight excluding hydrogens is 533 g/mol. The van der Waals surface area contributed by atoms with Crippen molar-refractivity contribution < 1.29 is 18.9 Å². The largest absolute Gasteiger partial charge is 0.493 e. The van der Waals surface area contributed by atoms with Crippen LogP contribution in [-0.2, 0) is 13.1 Å². The van der Waals surface area contributed by atoms with Crippen molar-refractivity contribution in [2.24, 2.45) is 4.99 Å². The van der Waals surface area contributed by atoms with Gasteiger partial charge in [-0.25, -0.2) is 4.99 Å². The summed E-state index contributed by atoms with van der Waals surface area (Å²) in [7, 11) is 4.83. The van der Waals surface area contributed by atoms with Crippen LogP contribution in [0.3, 0.4) is 0 Å². The number of rotatable bonds is 10. The summed E-state index contributed by atoms with van der Waals surface area (Å²) >= 11 is 6.36. The molecule has 0 aromatic heterocycles. The fraction of sp³-hybridized carbons (Fsp3) is 0.409. The van der Waals surface area contributed by atoms with Gasteiger partial charge >= 0.3 is 0 Å². The highest BCUT2D eigenvalue weighted by Gasteiger charge is 2.12. The van der Waals surface area contributed by atoms with Crippen LogP contribution in [0.25, 0.3) is 0 Å². The molecule has 0 aliphatic carbocycles. The van der Waals surface area contributed by atoms with Gasteiger partial charge in [-0.05, 0) is 49.2 Å². The Morgan fingerprint density at radius 1 is 0.903 bits per heavy atom. The molecule has 9 heteroatoms. The van der Waals surface area contributed by atoms with Crippen LogP contribution in [0.5, 0.6) is 23.0 Å². The molecule has 0 amide bonds. The van der Waals surface area contributed by atoms with Crippen LogP contribution >= 0.6 is 35.6 Å². The van der Waals surface area contributed by atoms with Gasteiger partial charge in [0, 0.05) is 13.1 Å². The molecule has 0 saturated carbocycles. The Kier molecular flexibility index (Phi) is 12.2. The summed E-state index contributed by atoms with van der Waals surface area (Å²) in [5.41, 5.74) is 1.97. The predicted octanol–water partition coefficient (Wildman–Crippen LogP) is 4.64. The average molecular weight is 564 g/mol. The second-order valence-electron chi connectivity index (χ2n) is 6.28. The maximum Gasteiger partial charge on any atom is 0.191 e. The summed E-state index contributed by atoms with van der Waals surface area (Å²) in [6, 6.07) is 9.53. The fourth-order valence-electron chi connectivity index (χ4n) is 2.84. The van der Waals surface area contributed by atoms with Crippen molar-refractivity contribution in [2.45, 2.75) is 26.9 Å². The predicted molar refractivity (Wildman–Crippen MR) is 136 cm³/mol. The number of hydrogen-bond acceptors (Lipinski definition) is 5. The Balaban J connectivity index is 0.00000480.